The highest BCUT2D eigenvalue weighted by Crippen LogP contribution is 2.25. The molecule has 1 atom stereocenters. The number of aliphatic hydroxyl groups excluding tert-OH is 1. The Kier molecular flexibility index (Phi) is 2.76. The monoisotopic (exact) mass is 196 g/mol. The van der Waals surface area contributed by atoms with Crippen LogP contribution in [0.15, 0.2) is 12.1 Å². The van der Waals surface area contributed by atoms with Crippen LogP contribution >= 0.6 is 0 Å². The molecule has 0 aromatic heterocycles. The van der Waals surface area contributed by atoms with Crippen molar-refractivity contribution in [2.45, 2.75) is 20.0 Å². The van der Waals surface area contributed by atoms with Crippen LogP contribution in [0, 0.1) is 13.8 Å². The van der Waals surface area contributed by atoms with Crippen LogP contribution in [0.1, 0.15) is 22.8 Å². The first-order chi connectivity index (χ1) is 6.43. The van der Waals surface area contributed by atoms with Gasteiger partial charge >= 0.3 is 5.97 Å². The number of hydrogen-bond acceptors (Lipinski definition) is 3. The number of aliphatic hydroxyl groups is 1. The lowest BCUT2D eigenvalue weighted by Crippen LogP contribution is -2.12. The molecule has 3 N–H and O–H groups in total. The fourth-order valence-corrected chi connectivity index (χ4v) is 1.28. The second-order valence-electron chi connectivity index (χ2n) is 3.22. The van der Waals surface area contributed by atoms with Gasteiger partial charge in [0.2, 0.25) is 0 Å². The molecule has 0 aliphatic heterocycles. The molecule has 1 aromatic carbocycles. The average Bonchev–Trinajstić information content (AvgIpc) is 2.09. The van der Waals surface area contributed by atoms with Crippen molar-refractivity contribution in [3.63, 3.8) is 0 Å². The maximum absolute atomic E-state index is 10.5. The second kappa shape index (κ2) is 3.67. The minimum atomic E-state index is -1.58. The Morgan fingerprint density at radius 1 is 1.36 bits per heavy atom. The lowest BCUT2D eigenvalue weighted by atomic mass is 9.99. The normalized spacial score (nSPS) is 12.5. The Labute approximate surface area is 81.4 Å². The SMILES string of the molecule is Cc1cc(O)cc(C(O)C(=O)O)c1C. The summed E-state index contributed by atoms with van der Waals surface area (Å²) in [5.41, 5.74) is 1.66. The molecular formula is C10H12O4. The van der Waals surface area contributed by atoms with Crippen LogP contribution in [0.5, 0.6) is 5.75 Å². The predicted molar refractivity (Wildman–Crippen MR) is 50.2 cm³/mol. The van der Waals surface area contributed by atoms with Gasteiger partial charge in [-0.1, -0.05) is 0 Å². The Hall–Kier alpha value is -1.55. The number of carboxylic acids is 1. The number of benzene rings is 1. The van der Waals surface area contributed by atoms with Crippen LogP contribution in [0.3, 0.4) is 0 Å². The van der Waals surface area contributed by atoms with Crippen LogP contribution in [0.4, 0.5) is 0 Å². The van der Waals surface area contributed by atoms with Crippen molar-refractivity contribution in [1.29, 1.82) is 0 Å². The van der Waals surface area contributed by atoms with Crippen LogP contribution in [0.25, 0.3) is 0 Å². The fourth-order valence-electron chi connectivity index (χ4n) is 1.28. The topological polar surface area (TPSA) is 77.8 Å². The predicted octanol–water partition coefficient (Wildman–Crippen LogP) is 1.13. The highest BCUT2D eigenvalue weighted by molar-refractivity contribution is 5.75. The summed E-state index contributed by atoms with van der Waals surface area (Å²) in [6.45, 7) is 3.45. The average molecular weight is 196 g/mol. The van der Waals surface area contributed by atoms with Gasteiger partial charge in [0.05, 0.1) is 0 Å². The first kappa shape index (κ1) is 10.5. The Balaban J connectivity index is 3.26. The van der Waals surface area contributed by atoms with E-state index in [9.17, 15) is 15.0 Å². The summed E-state index contributed by atoms with van der Waals surface area (Å²) in [4.78, 5) is 10.5. The zero-order chi connectivity index (χ0) is 10.9. The Morgan fingerprint density at radius 3 is 2.43 bits per heavy atom. The first-order valence-corrected chi connectivity index (χ1v) is 4.14. The third-order valence-electron chi connectivity index (χ3n) is 2.22. The molecule has 4 nitrogen and oxygen atoms in total. The van der Waals surface area contributed by atoms with Crippen molar-refractivity contribution in [3.05, 3.63) is 28.8 Å². The van der Waals surface area contributed by atoms with Gasteiger partial charge in [0.1, 0.15) is 5.75 Å². The van der Waals surface area contributed by atoms with Crippen LogP contribution in [-0.4, -0.2) is 21.3 Å². The van der Waals surface area contributed by atoms with Crippen LogP contribution < -0.4 is 0 Å². The molecule has 0 spiro atoms. The molecule has 4 heteroatoms. The maximum Gasteiger partial charge on any atom is 0.337 e. The summed E-state index contributed by atoms with van der Waals surface area (Å²) in [6, 6.07) is 2.79. The number of rotatable bonds is 2. The molecule has 0 aliphatic rings. The van der Waals surface area contributed by atoms with Crippen molar-refractivity contribution in [1.82, 2.24) is 0 Å². The highest BCUT2D eigenvalue weighted by Gasteiger charge is 2.19. The molecule has 0 heterocycles. The van der Waals surface area contributed by atoms with Gasteiger partial charge in [0.25, 0.3) is 0 Å². The number of phenolic OH excluding ortho intramolecular Hbond substituents is 1. The Morgan fingerprint density at radius 2 is 1.93 bits per heavy atom. The van der Waals surface area contributed by atoms with Crippen molar-refractivity contribution in [2.75, 3.05) is 0 Å². The molecule has 1 rings (SSSR count). The largest absolute Gasteiger partial charge is 0.508 e. The fraction of sp³-hybridized carbons (Fsp3) is 0.300. The van der Waals surface area contributed by atoms with E-state index in [1.807, 2.05) is 0 Å². The number of aryl methyl sites for hydroxylation is 1. The van der Waals surface area contributed by atoms with Crippen molar-refractivity contribution in [3.8, 4) is 5.75 Å². The van der Waals surface area contributed by atoms with Gasteiger partial charge in [-0.25, -0.2) is 4.79 Å². The van der Waals surface area contributed by atoms with E-state index in [2.05, 4.69) is 0 Å². The van der Waals surface area contributed by atoms with Gasteiger partial charge in [-0.15, -0.1) is 0 Å². The van der Waals surface area contributed by atoms with Gasteiger partial charge in [-0.2, -0.15) is 0 Å². The molecule has 0 saturated heterocycles. The van der Waals surface area contributed by atoms with E-state index in [1.54, 1.807) is 13.8 Å². The number of carbonyl (C=O) groups is 1. The van der Waals surface area contributed by atoms with Gasteiger partial charge in [-0.05, 0) is 42.7 Å². The molecule has 0 fully saturated rings. The number of hydrogen-bond donors (Lipinski definition) is 3. The highest BCUT2D eigenvalue weighted by atomic mass is 16.4. The molecule has 1 unspecified atom stereocenters. The van der Waals surface area contributed by atoms with E-state index in [-0.39, 0.29) is 11.3 Å². The van der Waals surface area contributed by atoms with Crippen LogP contribution in [0.2, 0.25) is 0 Å². The minimum Gasteiger partial charge on any atom is -0.508 e. The van der Waals surface area contributed by atoms with E-state index >= 15 is 0 Å². The quantitative estimate of drug-likeness (QED) is 0.662. The van der Waals surface area contributed by atoms with Gasteiger partial charge in [0, 0.05) is 0 Å². The molecule has 0 bridgehead atoms. The number of phenols is 1. The standard InChI is InChI=1S/C10H12O4/c1-5-3-7(11)4-8(6(5)2)9(12)10(13)14/h3-4,9,11-12H,1-2H3,(H,13,14). The van der Waals surface area contributed by atoms with E-state index < -0.39 is 12.1 Å². The van der Waals surface area contributed by atoms with Gasteiger partial charge in [-0.3, -0.25) is 0 Å². The van der Waals surface area contributed by atoms with E-state index in [4.69, 9.17) is 5.11 Å². The van der Waals surface area contributed by atoms with Gasteiger partial charge in [0.15, 0.2) is 6.10 Å². The Bertz CT molecular complexity index is 371. The van der Waals surface area contributed by atoms with E-state index in [1.165, 1.54) is 12.1 Å². The summed E-state index contributed by atoms with van der Waals surface area (Å²) < 4.78 is 0. The lowest BCUT2D eigenvalue weighted by Gasteiger charge is -2.12. The second-order valence-corrected chi connectivity index (χ2v) is 3.22. The number of aromatic hydroxyl groups is 1. The summed E-state index contributed by atoms with van der Waals surface area (Å²) in [5, 5.41) is 27.2. The summed E-state index contributed by atoms with van der Waals surface area (Å²) >= 11 is 0. The summed E-state index contributed by atoms with van der Waals surface area (Å²) in [5.74, 6) is -1.36. The smallest absolute Gasteiger partial charge is 0.337 e. The lowest BCUT2D eigenvalue weighted by molar-refractivity contribution is -0.147. The summed E-state index contributed by atoms with van der Waals surface area (Å²) in [6.07, 6.45) is -1.58. The number of carboxylic acid groups (broad SMARTS) is 1. The molecule has 0 amide bonds. The molecule has 76 valence electrons. The molecule has 1 aromatic rings. The zero-order valence-electron chi connectivity index (χ0n) is 7.98. The first-order valence-electron chi connectivity index (χ1n) is 4.14. The minimum absolute atomic E-state index is 0.0385. The molecule has 0 aliphatic carbocycles. The third-order valence-corrected chi connectivity index (χ3v) is 2.22. The van der Waals surface area contributed by atoms with Crippen molar-refractivity contribution < 1.29 is 20.1 Å². The maximum atomic E-state index is 10.5. The van der Waals surface area contributed by atoms with E-state index in [0.29, 0.717) is 5.56 Å². The zero-order valence-corrected chi connectivity index (χ0v) is 7.98. The van der Waals surface area contributed by atoms with E-state index in [0.717, 1.165) is 5.56 Å². The van der Waals surface area contributed by atoms with Crippen LogP contribution in [-0.2, 0) is 4.79 Å². The summed E-state index contributed by atoms with van der Waals surface area (Å²) in [7, 11) is 0. The molecule has 14 heavy (non-hydrogen) atoms. The van der Waals surface area contributed by atoms with Crippen molar-refractivity contribution >= 4 is 5.97 Å². The molecule has 0 radical (unpaired) electrons. The number of aliphatic carboxylic acids is 1. The molecule has 0 saturated carbocycles. The molecular weight excluding hydrogens is 184 g/mol. The van der Waals surface area contributed by atoms with Gasteiger partial charge < -0.3 is 15.3 Å². The third kappa shape index (κ3) is 1.85. The van der Waals surface area contributed by atoms with Crippen molar-refractivity contribution in [2.24, 2.45) is 0 Å².